The van der Waals surface area contributed by atoms with Crippen LogP contribution in [0.5, 0.6) is 0 Å². The molecule has 0 spiro atoms. The van der Waals surface area contributed by atoms with E-state index in [0.29, 0.717) is 48.9 Å². The van der Waals surface area contributed by atoms with Crippen LogP contribution in [0.2, 0.25) is 0 Å². The third-order valence-electron chi connectivity index (χ3n) is 6.62. The van der Waals surface area contributed by atoms with Crippen LogP contribution in [0.15, 0.2) is 36.5 Å². The Morgan fingerprint density at radius 1 is 1.15 bits per heavy atom. The maximum absolute atomic E-state index is 12.1. The van der Waals surface area contributed by atoms with Crippen molar-refractivity contribution in [2.24, 2.45) is 5.73 Å². The molecule has 1 aromatic heterocycles. The fourth-order valence-electron chi connectivity index (χ4n) is 4.54. The molecule has 4 rings (SSSR count). The second-order valence-electron chi connectivity index (χ2n) is 8.83. The van der Waals surface area contributed by atoms with E-state index in [1.165, 1.54) is 16.1 Å². The third kappa shape index (κ3) is 5.86. The van der Waals surface area contributed by atoms with Gasteiger partial charge in [-0.05, 0) is 56.2 Å². The van der Waals surface area contributed by atoms with Gasteiger partial charge in [0.1, 0.15) is 5.82 Å². The van der Waals surface area contributed by atoms with Gasteiger partial charge in [0.15, 0.2) is 0 Å². The van der Waals surface area contributed by atoms with Gasteiger partial charge in [0.2, 0.25) is 10.0 Å². The number of hydrogen-bond donors (Lipinski definition) is 3. The molecule has 0 unspecified atom stereocenters. The lowest BCUT2D eigenvalue weighted by Gasteiger charge is -2.32. The summed E-state index contributed by atoms with van der Waals surface area (Å²) in [5, 5.41) is 6.68. The highest BCUT2D eigenvalue weighted by Crippen LogP contribution is 2.29. The molecule has 1 amide bonds. The molecule has 2 saturated heterocycles. The van der Waals surface area contributed by atoms with E-state index in [-0.39, 0.29) is 11.8 Å². The monoisotopic (exact) mass is 487 g/mol. The SMILES string of the molecule is CCS(=O)(=O)N1CCC(Nc2cc(Nc3ccc(C4CCOCC4)cc3)ncc2C(N)=O)CC1. The molecule has 34 heavy (non-hydrogen) atoms. The normalized spacial score (nSPS) is 18.5. The average Bonchev–Trinajstić information content (AvgIpc) is 2.85. The molecule has 2 aliphatic heterocycles. The van der Waals surface area contributed by atoms with Gasteiger partial charge < -0.3 is 21.1 Å². The third-order valence-corrected chi connectivity index (χ3v) is 8.50. The Bertz CT molecular complexity index is 1090. The largest absolute Gasteiger partial charge is 0.381 e. The topological polar surface area (TPSA) is 127 Å². The van der Waals surface area contributed by atoms with Crippen molar-refractivity contribution in [3.63, 3.8) is 0 Å². The lowest BCUT2D eigenvalue weighted by atomic mass is 9.92. The molecule has 1 aromatic carbocycles. The van der Waals surface area contributed by atoms with Crippen LogP contribution in [0.4, 0.5) is 17.2 Å². The van der Waals surface area contributed by atoms with Crippen LogP contribution in [0, 0.1) is 0 Å². The Kier molecular flexibility index (Phi) is 7.70. The van der Waals surface area contributed by atoms with Crippen molar-refractivity contribution in [1.29, 1.82) is 0 Å². The van der Waals surface area contributed by atoms with Crippen molar-refractivity contribution in [2.75, 3.05) is 42.7 Å². The number of nitrogens with two attached hydrogens (primary N) is 1. The number of carbonyl (C=O) groups is 1. The summed E-state index contributed by atoms with van der Waals surface area (Å²) >= 11 is 0. The Morgan fingerprint density at radius 3 is 2.44 bits per heavy atom. The molecule has 0 atom stereocenters. The summed E-state index contributed by atoms with van der Waals surface area (Å²) in [6, 6.07) is 10.1. The number of anilines is 3. The van der Waals surface area contributed by atoms with E-state index in [2.05, 4.69) is 27.8 Å². The number of sulfonamides is 1. The minimum atomic E-state index is -3.19. The van der Waals surface area contributed by atoms with E-state index in [1.54, 1.807) is 13.0 Å². The second-order valence-corrected chi connectivity index (χ2v) is 11.1. The minimum absolute atomic E-state index is 0.0374. The summed E-state index contributed by atoms with van der Waals surface area (Å²) in [7, 11) is -3.19. The second kappa shape index (κ2) is 10.7. The first-order valence-corrected chi connectivity index (χ1v) is 13.5. The quantitative estimate of drug-likeness (QED) is 0.522. The number of aromatic nitrogens is 1. The van der Waals surface area contributed by atoms with Gasteiger partial charge in [0.25, 0.3) is 5.91 Å². The van der Waals surface area contributed by atoms with Gasteiger partial charge in [0, 0.05) is 50.3 Å². The Labute approximate surface area is 201 Å². The molecular formula is C24H33N5O4S. The van der Waals surface area contributed by atoms with Crippen molar-refractivity contribution in [2.45, 2.75) is 44.6 Å². The number of carbonyl (C=O) groups excluding carboxylic acids is 1. The number of nitrogens with zero attached hydrogens (tertiary/aromatic N) is 2. The number of nitrogens with one attached hydrogen (secondary N) is 2. The van der Waals surface area contributed by atoms with Crippen LogP contribution in [-0.2, 0) is 14.8 Å². The van der Waals surface area contributed by atoms with Gasteiger partial charge >= 0.3 is 0 Å². The van der Waals surface area contributed by atoms with E-state index >= 15 is 0 Å². The van der Waals surface area contributed by atoms with Crippen LogP contribution < -0.4 is 16.4 Å². The molecule has 2 aromatic rings. The molecule has 9 nitrogen and oxygen atoms in total. The smallest absolute Gasteiger partial charge is 0.252 e. The predicted octanol–water partition coefficient (Wildman–Crippen LogP) is 3.04. The van der Waals surface area contributed by atoms with Gasteiger partial charge in [-0.2, -0.15) is 0 Å². The van der Waals surface area contributed by atoms with Crippen LogP contribution >= 0.6 is 0 Å². The highest BCUT2D eigenvalue weighted by Gasteiger charge is 2.27. The van der Waals surface area contributed by atoms with Crippen molar-refractivity contribution >= 4 is 33.1 Å². The summed E-state index contributed by atoms with van der Waals surface area (Å²) in [4.78, 5) is 16.3. The maximum atomic E-state index is 12.1. The predicted molar refractivity (Wildman–Crippen MR) is 133 cm³/mol. The standard InChI is InChI=1S/C24H33N5O4S/c1-2-34(31,32)29-11-7-20(8-12-29)27-22-15-23(26-16-21(22)24(25)30)28-19-5-3-17(4-6-19)18-9-13-33-14-10-18/h3-6,15-16,18,20H,2,7-14H2,1H3,(H2,25,30)(H2,26,27,28). The van der Waals surface area contributed by atoms with E-state index in [9.17, 15) is 13.2 Å². The van der Waals surface area contributed by atoms with Crippen LogP contribution in [0.25, 0.3) is 0 Å². The number of amides is 1. The Morgan fingerprint density at radius 2 is 1.82 bits per heavy atom. The van der Waals surface area contributed by atoms with Gasteiger partial charge in [-0.25, -0.2) is 17.7 Å². The molecule has 2 fully saturated rings. The van der Waals surface area contributed by atoms with Gasteiger partial charge in [-0.1, -0.05) is 12.1 Å². The first-order valence-electron chi connectivity index (χ1n) is 11.8. The maximum Gasteiger partial charge on any atom is 0.252 e. The van der Waals surface area contributed by atoms with Crippen LogP contribution in [-0.4, -0.2) is 61.7 Å². The summed E-state index contributed by atoms with van der Waals surface area (Å²) in [6.07, 6.45) is 4.86. The Balaban J connectivity index is 1.43. The first-order chi connectivity index (χ1) is 16.4. The van der Waals surface area contributed by atoms with Crippen molar-refractivity contribution < 1.29 is 17.9 Å². The first kappa shape index (κ1) is 24.4. The molecule has 0 saturated carbocycles. The average molecular weight is 488 g/mol. The number of benzene rings is 1. The van der Waals surface area contributed by atoms with Crippen LogP contribution in [0.3, 0.4) is 0 Å². The van der Waals surface area contributed by atoms with E-state index in [4.69, 9.17) is 10.5 Å². The lowest BCUT2D eigenvalue weighted by molar-refractivity contribution is 0.0853. The van der Waals surface area contributed by atoms with Gasteiger partial charge in [-0.15, -0.1) is 0 Å². The van der Waals surface area contributed by atoms with E-state index in [1.807, 2.05) is 12.1 Å². The Hall–Kier alpha value is -2.69. The highest BCUT2D eigenvalue weighted by atomic mass is 32.2. The fraction of sp³-hybridized carbons (Fsp3) is 0.500. The lowest BCUT2D eigenvalue weighted by Crippen LogP contribution is -2.43. The highest BCUT2D eigenvalue weighted by molar-refractivity contribution is 7.89. The van der Waals surface area contributed by atoms with Gasteiger partial charge in [0.05, 0.1) is 17.0 Å². The summed E-state index contributed by atoms with van der Waals surface area (Å²) in [5.41, 5.74) is 8.69. The molecule has 2 aliphatic rings. The number of pyridine rings is 1. The molecule has 3 heterocycles. The minimum Gasteiger partial charge on any atom is -0.381 e. The number of ether oxygens (including phenoxy) is 1. The number of hydrogen-bond acceptors (Lipinski definition) is 7. The molecule has 184 valence electrons. The van der Waals surface area contributed by atoms with Gasteiger partial charge in [-0.3, -0.25) is 4.79 Å². The van der Waals surface area contributed by atoms with Crippen LogP contribution in [0.1, 0.15) is 54.4 Å². The molecule has 0 aliphatic carbocycles. The van der Waals surface area contributed by atoms with Crippen molar-refractivity contribution in [3.8, 4) is 0 Å². The van der Waals surface area contributed by atoms with Crippen molar-refractivity contribution in [1.82, 2.24) is 9.29 Å². The summed E-state index contributed by atoms with van der Waals surface area (Å²) in [6.45, 7) is 4.18. The number of rotatable bonds is 8. The molecular weight excluding hydrogens is 454 g/mol. The number of primary amides is 1. The zero-order valence-corrected chi connectivity index (χ0v) is 20.3. The van der Waals surface area contributed by atoms with Crippen molar-refractivity contribution in [3.05, 3.63) is 47.7 Å². The molecule has 4 N–H and O–H groups in total. The number of piperidine rings is 1. The van der Waals surface area contributed by atoms with E-state index in [0.717, 1.165) is 31.7 Å². The summed E-state index contributed by atoms with van der Waals surface area (Å²) < 4.78 is 31.2. The molecule has 0 bridgehead atoms. The fourth-order valence-corrected chi connectivity index (χ4v) is 5.67. The molecule has 10 heteroatoms. The molecule has 0 radical (unpaired) electrons. The summed E-state index contributed by atoms with van der Waals surface area (Å²) in [5.74, 6) is 0.669. The zero-order chi connectivity index (χ0) is 24.1. The zero-order valence-electron chi connectivity index (χ0n) is 19.5. The van der Waals surface area contributed by atoms with E-state index < -0.39 is 15.9 Å².